The van der Waals surface area contributed by atoms with E-state index in [0.717, 1.165) is 21.6 Å². The van der Waals surface area contributed by atoms with Crippen molar-refractivity contribution >= 4 is 11.6 Å². The van der Waals surface area contributed by atoms with E-state index in [-0.39, 0.29) is 11.4 Å². The number of hydrogen-bond donors (Lipinski definition) is 1. The number of carbonyl (C=O) groups excluding carboxylic acids is 1. The minimum absolute atomic E-state index is 0.160. The van der Waals surface area contributed by atoms with Gasteiger partial charge in [-0.3, -0.25) is 9.48 Å². The van der Waals surface area contributed by atoms with Gasteiger partial charge in [-0.15, -0.1) is 0 Å². The molecule has 1 aromatic carbocycles. The van der Waals surface area contributed by atoms with Crippen LogP contribution in [-0.2, 0) is 13.2 Å². The molecule has 12 heteroatoms. The van der Waals surface area contributed by atoms with Crippen LogP contribution in [0.2, 0.25) is 0 Å². The van der Waals surface area contributed by atoms with Gasteiger partial charge >= 0.3 is 6.18 Å². The Morgan fingerprint density at radius 3 is 2.45 bits per heavy atom. The van der Waals surface area contributed by atoms with Crippen molar-refractivity contribution in [2.24, 2.45) is 7.05 Å². The van der Waals surface area contributed by atoms with Gasteiger partial charge in [-0.1, -0.05) is 18.2 Å². The molecule has 3 heterocycles. The molecule has 0 saturated carbocycles. The molecule has 1 amide bonds. The Morgan fingerprint density at radius 2 is 1.82 bits per heavy atom. The Hall–Kier alpha value is -4.09. The van der Waals surface area contributed by atoms with Crippen molar-refractivity contribution in [1.29, 1.82) is 0 Å². The summed E-state index contributed by atoms with van der Waals surface area (Å²) < 4.78 is 66.8. The summed E-state index contributed by atoms with van der Waals surface area (Å²) >= 11 is 0. The lowest BCUT2D eigenvalue weighted by Crippen LogP contribution is -2.14. The number of nitrogens with zero attached hydrogens (tertiary/aromatic N) is 5. The molecule has 0 spiro atoms. The predicted molar refractivity (Wildman–Crippen MR) is 108 cm³/mol. The Bertz CT molecular complexity index is 1290. The predicted octanol–water partition coefficient (Wildman–Crippen LogP) is 4.88. The molecule has 4 rings (SSSR count). The molecular formula is C21H15F5N6O. The van der Waals surface area contributed by atoms with Gasteiger partial charge in [0.2, 0.25) is 0 Å². The fraction of sp³-hybridized carbons (Fsp3) is 0.143. The molecule has 0 aliphatic carbocycles. The van der Waals surface area contributed by atoms with Gasteiger partial charge in [0.1, 0.15) is 5.69 Å². The van der Waals surface area contributed by atoms with Crippen LogP contribution in [0.1, 0.15) is 28.2 Å². The maximum Gasteiger partial charge on any atom is 0.435 e. The SMILES string of the molecule is Cn1cc(C(=O)Nc2ccccc2-c2ccc(-n3ccc(C(F)(F)F)n3)nc2)c(C(F)F)n1. The van der Waals surface area contributed by atoms with E-state index in [1.807, 2.05) is 0 Å². The summed E-state index contributed by atoms with van der Waals surface area (Å²) in [5.74, 6) is -0.598. The van der Waals surface area contributed by atoms with Crippen molar-refractivity contribution < 1.29 is 26.7 Å². The Balaban J connectivity index is 1.60. The number of halogens is 5. The number of aryl methyl sites for hydroxylation is 1. The zero-order chi connectivity index (χ0) is 23.8. The summed E-state index contributed by atoms with van der Waals surface area (Å²) in [6.07, 6.45) is -3.73. The first-order chi connectivity index (χ1) is 15.6. The Labute approximate surface area is 183 Å². The first-order valence-corrected chi connectivity index (χ1v) is 9.45. The van der Waals surface area contributed by atoms with Crippen LogP contribution in [0.3, 0.4) is 0 Å². The number of rotatable bonds is 5. The van der Waals surface area contributed by atoms with Crippen molar-refractivity contribution in [2.75, 3.05) is 5.32 Å². The normalized spacial score (nSPS) is 11.7. The topological polar surface area (TPSA) is 77.6 Å². The molecule has 3 aromatic heterocycles. The quantitative estimate of drug-likeness (QED) is 0.429. The fourth-order valence-electron chi connectivity index (χ4n) is 3.16. The minimum atomic E-state index is -4.57. The van der Waals surface area contributed by atoms with Gasteiger partial charge < -0.3 is 5.32 Å². The lowest BCUT2D eigenvalue weighted by Gasteiger charge is -2.11. The maximum atomic E-state index is 13.2. The Morgan fingerprint density at radius 1 is 1.06 bits per heavy atom. The molecule has 0 fully saturated rings. The number of pyridine rings is 1. The summed E-state index contributed by atoms with van der Waals surface area (Å²) in [6.45, 7) is 0. The second-order valence-electron chi connectivity index (χ2n) is 6.95. The summed E-state index contributed by atoms with van der Waals surface area (Å²) in [6, 6.07) is 10.5. The second kappa shape index (κ2) is 8.45. The molecule has 4 aromatic rings. The number of aromatic nitrogens is 5. The maximum absolute atomic E-state index is 13.2. The Kier molecular flexibility index (Phi) is 5.66. The summed E-state index contributed by atoms with van der Waals surface area (Å²) in [4.78, 5) is 16.8. The monoisotopic (exact) mass is 462 g/mol. The van der Waals surface area contributed by atoms with Crippen molar-refractivity contribution in [3.8, 4) is 16.9 Å². The van der Waals surface area contributed by atoms with E-state index >= 15 is 0 Å². The average Bonchev–Trinajstić information content (AvgIpc) is 3.42. The molecule has 1 N–H and O–H groups in total. The molecule has 7 nitrogen and oxygen atoms in total. The van der Waals surface area contributed by atoms with Crippen LogP contribution in [0.4, 0.5) is 27.6 Å². The highest BCUT2D eigenvalue weighted by Gasteiger charge is 2.33. The average molecular weight is 462 g/mol. The molecule has 0 aliphatic heterocycles. The molecule has 0 saturated heterocycles. The van der Waals surface area contributed by atoms with Crippen LogP contribution in [-0.4, -0.2) is 30.5 Å². The highest BCUT2D eigenvalue weighted by atomic mass is 19.4. The zero-order valence-electron chi connectivity index (χ0n) is 16.9. The summed E-state index contributed by atoms with van der Waals surface area (Å²) in [7, 11) is 1.43. The molecule has 33 heavy (non-hydrogen) atoms. The number of nitrogens with one attached hydrogen (secondary N) is 1. The number of amides is 1. The van der Waals surface area contributed by atoms with E-state index in [0.29, 0.717) is 16.8 Å². The largest absolute Gasteiger partial charge is 0.435 e. The number of alkyl halides is 5. The van der Waals surface area contributed by atoms with Crippen molar-refractivity contribution in [3.05, 3.63) is 78.0 Å². The molecule has 0 radical (unpaired) electrons. The van der Waals surface area contributed by atoms with E-state index in [9.17, 15) is 26.7 Å². The number of benzene rings is 1. The van der Waals surface area contributed by atoms with E-state index < -0.39 is 29.9 Å². The molecule has 170 valence electrons. The zero-order valence-corrected chi connectivity index (χ0v) is 16.9. The molecule has 0 unspecified atom stereocenters. The smallest absolute Gasteiger partial charge is 0.321 e. The minimum Gasteiger partial charge on any atom is -0.321 e. The fourth-order valence-corrected chi connectivity index (χ4v) is 3.16. The van der Waals surface area contributed by atoms with Crippen LogP contribution in [0.15, 0.2) is 61.1 Å². The van der Waals surface area contributed by atoms with E-state index in [2.05, 4.69) is 20.5 Å². The lowest BCUT2D eigenvalue weighted by molar-refractivity contribution is -0.141. The van der Waals surface area contributed by atoms with Crippen molar-refractivity contribution in [2.45, 2.75) is 12.6 Å². The third-order valence-electron chi connectivity index (χ3n) is 4.66. The first kappa shape index (κ1) is 22.1. The number of carbonyl (C=O) groups is 1. The van der Waals surface area contributed by atoms with Gasteiger partial charge in [-0.2, -0.15) is 23.4 Å². The highest BCUT2D eigenvalue weighted by molar-refractivity contribution is 6.06. The van der Waals surface area contributed by atoms with Crippen LogP contribution in [0.25, 0.3) is 16.9 Å². The third kappa shape index (κ3) is 4.59. The van der Waals surface area contributed by atoms with Gasteiger partial charge in [0.15, 0.2) is 11.5 Å². The second-order valence-corrected chi connectivity index (χ2v) is 6.95. The van der Waals surface area contributed by atoms with Gasteiger partial charge in [0.05, 0.1) is 5.56 Å². The number of para-hydroxylation sites is 1. The summed E-state index contributed by atoms with van der Waals surface area (Å²) in [5.41, 5.74) is -0.521. The lowest BCUT2D eigenvalue weighted by atomic mass is 10.1. The van der Waals surface area contributed by atoms with Crippen LogP contribution < -0.4 is 5.32 Å². The molecule has 0 atom stereocenters. The van der Waals surface area contributed by atoms with Crippen molar-refractivity contribution in [1.82, 2.24) is 24.5 Å². The molecule has 0 aliphatic rings. The van der Waals surface area contributed by atoms with E-state index in [4.69, 9.17) is 0 Å². The van der Waals surface area contributed by atoms with Gasteiger partial charge in [0, 0.05) is 42.5 Å². The third-order valence-corrected chi connectivity index (χ3v) is 4.66. The van der Waals surface area contributed by atoms with Crippen LogP contribution in [0.5, 0.6) is 0 Å². The van der Waals surface area contributed by atoms with Crippen LogP contribution in [0, 0.1) is 0 Å². The molecular weight excluding hydrogens is 447 g/mol. The van der Waals surface area contributed by atoms with E-state index in [1.165, 1.54) is 25.5 Å². The highest BCUT2D eigenvalue weighted by Crippen LogP contribution is 2.30. The van der Waals surface area contributed by atoms with Crippen LogP contribution >= 0.6 is 0 Å². The van der Waals surface area contributed by atoms with E-state index in [1.54, 1.807) is 30.3 Å². The van der Waals surface area contributed by atoms with Gasteiger partial charge in [-0.25, -0.2) is 18.4 Å². The van der Waals surface area contributed by atoms with Crippen molar-refractivity contribution in [3.63, 3.8) is 0 Å². The number of hydrogen-bond acceptors (Lipinski definition) is 4. The van der Waals surface area contributed by atoms with Gasteiger partial charge in [0.25, 0.3) is 12.3 Å². The molecule has 0 bridgehead atoms. The first-order valence-electron chi connectivity index (χ1n) is 9.45. The summed E-state index contributed by atoms with van der Waals surface area (Å²) in [5, 5.41) is 9.70. The standard InChI is InChI=1S/C21H15F5N6O/c1-31-11-14(18(30-31)19(22)23)20(33)28-15-5-3-2-4-13(15)12-6-7-17(27-10-12)32-9-8-16(29-32)21(24,25)26/h2-11,19H,1H3,(H,28,33). The van der Waals surface area contributed by atoms with Gasteiger partial charge in [-0.05, 0) is 24.3 Å². The number of anilines is 1.